The van der Waals surface area contributed by atoms with Gasteiger partial charge in [-0.25, -0.2) is 9.97 Å². The van der Waals surface area contributed by atoms with E-state index < -0.39 is 0 Å². The number of hydrogen-bond donors (Lipinski definition) is 3. The Morgan fingerprint density at radius 3 is 2.47 bits per heavy atom. The zero-order valence-electron chi connectivity index (χ0n) is 12.4. The number of nitrogens with zero attached hydrogens (tertiary/aromatic N) is 2. The third-order valence-electron chi connectivity index (χ3n) is 2.95. The lowest BCUT2D eigenvalue weighted by molar-refractivity contribution is 0.282. The van der Waals surface area contributed by atoms with Gasteiger partial charge >= 0.3 is 0 Å². The number of aliphatic hydroxyl groups excluding tert-OH is 1. The molecule has 1 unspecified atom stereocenters. The second-order valence-corrected chi connectivity index (χ2v) is 5.12. The first-order valence-corrected chi connectivity index (χ1v) is 7.06. The Morgan fingerprint density at radius 1 is 1.21 bits per heavy atom. The molecule has 108 valence electrons. The van der Waals surface area contributed by atoms with Crippen molar-refractivity contribution >= 4 is 11.6 Å². The summed E-state index contributed by atoms with van der Waals surface area (Å²) in [6.07, 6.45) is 3.35. The average molecular weight is 266 g/mol. The van der Waals surface area contributed by atoms with Crippen molar-refractivity contribution in [1.82, 2.24) is 9.97 Å². The Kier molecular flexibility index (Phi) is 6.56. The smallest absolute Gasteiger partial charge is 0.135 e. The fourth-order valence-corrected chi connectivity index (χ4v) is 1.94. The summed E-state index contributed by atoms with van der Waals surface area (Å²) in [4.78, 5) is 8.69. The summed E-state index contributed by atoms with van der Waals surface area (Å²) in [6, 6.07) is 0.191. The molecular formula is C14H26N4O. The van der Waals surface area contributed by atoms with Crippen molar-refractivity contribution in [2.45, 2.75) is 52.5 Å². The van der Waals surface area contributed by atoms with Crippen molar-refractivity contribution in [3.63, 3.8) is 0 Å². The van der Waals surface area contributed by atoms with Crippen molar-refractivity contribution < 1.29 is 5.11 Å². The van der Waals surface area contributed by atoms with E-state index in [1.807, 2.05) is 6.92 Å². The van der Waals surface area contributed by atoms with Crippen molar-refractivity contribution in [2.75, 3.05) is 23.8 Å². The third-order valence-corrected chi connectivity index (χ3v) is 2.95. The number of rotatable bonds is 8. The monoisotopic (exact) mass is 266 g/mol. The van der Waals surface area contributed by atoms with Gasteiger partial charge in [-0.3, -0.25) is 0 Å². The second-order valence-electron chi connectivity index (χ2n) is 5.12. The number of anilines is 2. The fraction of sp³-hybridized carbons (Fsp3) is 0.714. The van der Waals surface area contributed by atoms with Crippen LogP contribution in [0.25, 0.3) is 0 Å². The van der Waals surface area contributed by atoms with Crippen molar-refractivity contribution in [1.29, 1.82) is 0 Å². The second kappa shape index (κ2) is 7.94. The van der Waals surface area contributed by atoms with Crippen LogP contribution < -0.4 is 10.6 Å². The molecule has 0 saturated heterocycles. The van der Waals surface area contributed by atoms with Crippen LogP contribution in [-0.2, 0) is 0 Å². The van der Waals surface area contributed by atoms with Gasteiger partial charge in [0.1, 0.15) is 18.0 Å². The molecule has 0 saturated carbocycles. The van der Waals surface area contributed by atoms with E-state index in [2.05, 4.69) is 41.4 Å². The van der Waals surface area contributed by atoms with Crippen LogP contribution in [0.1, 0.15) is 52.0 Å². The molecular weight excluding hydrogens is 240 g/mol. The van der Waals surface area contributed by atoms with Crippen molar-refractivity contribution in [3.8, 4) is 0 Å². The Morgan fingerprint density at radius 2 is 1.89 bits per heavy atom. The van der Waals surface area contributed by atoms with E-state index in [1.54, 1.807) is 6.33 Å². The first-order valence-electron chi connectivity index (χ1n) is 7.06. The van der Waals surface area contributed by atoms with E-state index in [1.165, 1.54) is 0 Å². The molecule has 0 amide bonds. The minimum atomic E-state index is 0.178. The summed E-state index contributed by atoms with van der Waals surface area (Å²) in [5.74, 6) is 2.11. The lowest BCUT2D eigenvalue weighted by atomic mass is 10.0. The maximum Gasteiger partial charge on any atom is 0.135 e. The van der Waals surface area contributed by atoms with Gasteiger partial charge in [-0.05, 0) is 25.7 Å². The molecule has 1 atom stereocenters. The summed E-state index contributed by atoms with van der Waals surface area (Å²) in [6.45, 7) is 9.53. The molecule has 5 heteroatoms. The lowest BCUT2D eigenvalue weighted by Gasteiger charge is -2.20. The predicted octanol–water partition coefficient (Wildman–Crippen LogP) is 2.60. The molecule has 5 nitrogen and oxygen atoms in total. The Hall–Kier alpha value is -1.36. The number of aromatic nitrogens is 2. The van der Waals surface area contributed by atoms with Crippen LogP contribution in [0.3, 0.4) is 0 Å². The number of nitrogens with one attached hydrogen (secondary N) is 2. The molecule has 1 aromatic rings. The molecule has 0 radical (unpaired) electrons. The van der Waals surface area contributed by atoms with Gasteiger partial charge < -0.3 is 15.7 Å². The molecule has 3 N–H and O–H groups in total. The molecule has 0 aliphatic heterocycles. The molecule has 1 rings (SSSR count). The molecule has 1 aromatic heterocycles. The summed E-state index contributed by atoms with van der Waals surface area (Å²) >= 11 is 0. The first kappa shape index (κ1) is 15.7. The van der Waals surface area contributed by atoms with Gasteiger partial charge in [0.15, 0.2) is 0 Å². The van der Waals surface area contributed by atoms with Gasteiger partial charge in [-0.2, -0.15) is 0 Å². The van der Waals surface area contributed by atoms with Gasteiger partial charge in [0, 0.05) is 24.8 Å². The third kappa shape index (κ3) is 4.67. The molecule has 19 heavy (non-hydrogen) atoms. The number of aliphatic hydroxyl groups is 1. The largest absolute Gasteiger partial charge is 0.396 e. The molecule has 0 spiro atoms. The average Bonchev–Trinajstić information content (AvgIpc) is 2.36. The summed E-state index contributed by atoms with van der Waals surface area (Å²) in [5, 5.41) is 15.7. The van der Waals surface area contributed by atoms with Crippen molar-refractivity contribution in [3.05, 3.63) is 11.9 Å². The SMILES string of the molecule is CCCNc1ncnc(NC(C)CCO)c1C(C)C. The van der Waals surface area contributed by atoms with Gasteiger partial charge in [0.2, 0.25) is 0 Å². The molecule has 1 heterocycles. The highest BCUT2D eigenvalue weighted by molar-refractivity contribution is 5.59. The highest BCUT2D eigenvalue weighted by Crippen LogP contribution is 2.28. The molecule has 0 aliphatic rings. The predicted molar refractivity (Wildman–Crippen MR) is 79.7 cm³/mol. The van der Waals surface area contributed by atoms with Crippen LogP contribution in [0.15, 0.2) is 6.33 Å². The van der Waals surface area contributed by atoms with E-state index in [0.29, 0.717) is 12.3 Å². The van der Waals surface area contributed by atoms with Gasteiger partial charge in [0.25, 0.3) is 0 Å². The highest BCUT2D eigenvalue weighted by Gasteiger charge is 2.15. The quantitative estimate of drug-likeness (QED) is 0.674. The van der Waals surface area contributed by atoms with Crippen LogP contribution in [0, 0.1) is 0 Å². The van der Waals surface area contributed by atoms with Crippen LogP contribution in [-0.4, -0.2) is 34.3 Å². The Bertz CT molecular complexity index is 382. The van der Waals surface area contributed by atoms with Gasteiger partial charge in [-0.15, -0.1) is 0 Å². The Labute approximate surface area is 115 Å². The van der Waals surface area contributed by atoms with E-state index in [-0.39, 0.29) is 12.6 Å². The van der Waals surface area contributed by atoms with Crippen LogP contribution in [0.5, 0.6) is 0 Å². The topological polar surface area (TPSA) is 70.1 Å². The normalized spacial score (nSPS) is 12.5. The molecule has 0 aromatic carbocycles. The zero-order valence-corrected chi connectivity index (χ0v) is 12.4. The van der Waals surface area contributed by atoms with Crippen LogP contribution in [0.2, 0.25) is 0 Å². The summed E-state index contributed by atoms with van der Waals surface area (Å²) in [7, 11) is 0. The number of hydrogen-bond acceptors (Lipinski definition) is 5. The summed E-state index contributed by atoms with van der Waals surface area (Å²) < 4.78 is 0. The van der Waals surface area contributed by atoms with Crippen LogP contribution >= 0.6 is 0 Å². The standard InChI is InChI=1S/C14H26N4O/c1-5-7-15-13-12(10(2)3)14(17-9-16-13)18-11(4)6-8-19/h9-11,19H,5-8H2,1-4H3,(H2,15,16,17,18). The van der Waals surface area contributed by atoms with E-state index in [0.717, 1.165) is 30.2 Å². The minimum Gasteiger partial charge on any atom is -0.396 e. The lowest BCUT2D eigenvalue weighted by Crippen LogP contribution is -2.20. The Balaban J connectivity index is 2.95. The zero-order chi connectivity index (χ0) is 14.3. The highest BCUT2D eigenvalue weighted by atomic mass is 16.3. The van der Waals surface area contributed by atoms with E-state index in [4.69, 9.17) is 5.11 Å². The molecule has 0 aliphatic carbocycles. The maximum atomic E-state index is 8.98. The minimum absolute atomic E-state index is 0.178. The maximum absolute atomic E-state index is 8.98. The fourth-order valence-electron chi connectivity index (χ4n) is 1.94. The molecule has 0 fully saturated rings. The van der Waals surface area contributed by atoms with Gasteiger partial charge in [0.05, 0.1) is 0 Å². The van der Waals surface area contributed by atoms with E-state index in [9.17, 15) is 0 Å². The molecule has 0 bridgehead atoms. The van der Waals surface area contributed by atoms with Crippen LogP contribution in [0.4, 0.5) is 11.6 Å². The van der Waals surface area contributed by atoms with E-state index >= 15 is 0 Å². The van der Waals surface area contributed by atoms with Gasteiger partial charge in [-0.1, -0.05) is 20.8 Å². The summed E-state index contributed by atoms with van der Waals surface area (Å²) in [5.41, 5.74) is 1.11. The first-order chi connectivity index (χ1) is 9.10. The van der Waals surface area contributed by atoms with Crippen molar-refractivity contribution in [2.24, 2.45) is 0 Å².